The van der Waals surface area contributed by atoms with E-state index in [0.717, 1.165) is 0 Å². The molecule has 0 saturated heterocycles. The Morgan fingerprint density at radius 3 is 2.38 bits per heavy atom. The van der Waals surface area contributed by atoms with Crippen molar-refractivity contribution in [2.75, 3.05) is 12.8 Å². The number of hydrogen-bond acceptors (Lipinski definition) is 2. The third-order valence-corrected chi connectivity index (χ3v) is 1.63. The highest BCUT2D eigenvalue weighted by Crippen LogP contribution is 2.01. The molecule has 0 unspecified atom stereocenters. The lowest BCUT2D eigenvalue weighted by molar-refractivity contribution is 0.236. The Kier molecular flexibility index (Phi) is 3.43. The van der Waals surface area contributed by atoms with Crippen molar-refractivity contribution in [2.24, 2.45) is 5.73 Å². The summed E-state index contributed by atoms with van der Waals surface area (Å²) in [5.41, 5.74) is 4.92. The van der Waals surface area contributed by atoms with Gasteiger partial charge in [-0.05, 0) is 18.9 Å². The first-order valence-electron chi connectivity index (χ1n) is 2.33. The fraction of sp³-hybridized carbons (Fsp3) is 0.750. The molecule has 0 fully saturated rings. The summed E-state index contributed by atoms with van der Waals surface area (Å²) in [4.78, 5) is 10.3. The number of amides is 2. The molecule has 0 atom stereocenters. The highest BCUT2D eigenvalue weighted by Gasteiger charge is 2.01. The van der Waals surface area contributed by atoms with Gasteiger partial charge in [-0.1, -0.05) is 0 Å². The van der Waals surface area contributed by atoms with E-state index < -0.39 is 0 Å². The fourth-order valence-corrected chi connectivity index (χ4v) is 0.813. The van der Waals surface area contributed by atoms with Crippen LogP contribution in [0.5, 0.6) is 0 Å². The van der Waals surface area contributed by atoms with Crippen LogP contribution in [0.25, 0.3) is 0 Å². The number of urea groups is 1. The van der Waals surface area contributed by atoms with E-state index in [1.54, 1.807) is 0 Å². The van der Waals surface area contributed by atoms with Crippen LogP contribution >= 0.6 is 11.9 Å². The average Bonchev–Trinajstić information content (AvgIpc) is 1.69. The van der Waals surface area contributed by atoms with E-state index in [0.29, 0.717) is 6.54 Å². The zero-order chi connectivity index (χ0) is 6.57. The van der Waals surface area contributed by atoms with Gasteiger partial charge in [0.1, 0.15) is 0 Å². The Morgan fingerprint density at radius 2 is 2.38 bits per heavy atom. The van der Waals surface area contributed by atoms with Gasteiger partial charge in [0.05, 0.1) is 0 Å². The molecule has 2 amide bonds. The van der Waals surface area contributed by atoms with Gasteiger partial charge in [-0.3, -0.25) is 4.31 Å². The molecular weight excluding hydrogens is 124 g/mol. The van der Waals surface area contributed by atoms with E-state index in [4.69, 9.17) is 5.73 Å². The maximum Gasteiger partial charge on any atom is 0.324 e. The Bertz CT molecular complexity index is 82.1. The SMILES string of the molecule is CCN(SC)C(N)=O. The molecule has 0 radical (unpaired) electrons. The molecule has 2 N–H and O–H groups in total. The predicted octanol–water partition coefficient (Wildman–Crippen LogP) is 0.665. The van der Waals surface area contributed by atoms with Gasteiger partial charge in [-0.15, -0.1) is 0 Å². The normalized spacial score (nSPS) is 8.75. The van der Waals surface area contributed by atoms with E-state index in [1.165, 1.54) is 16.3 Å². The molecule has 4 heteroatoms. The maximum absolute atomic E-state index is 10.3. The number of rotatable bonds is 2. The highest BCUT2D eigenvalue weighted by atomic mass is 32.2. The molecule has 0 saturated carbocycles. The van der Waals surface area contributed by atoms with Crippen molar-refractivity contribution < 1.29 is 4.79 Å². The second-order valence-corrected chi connectivity index (χ2v) is 2.02. The zero-order valence-electron chi connectivity index (χ0n) is 5.05. The quantitative estimate of drug-likeness (QED) is 0.564. The molecule has 8 heavy (non-hydrogen) atoms. The summed E-state index contributed by atoms with van der Waals surface area (Å²) in [6.07, 6.45) is 1.81. The fourth-order valence-electron chi connectivity index (χ4n) is 0.375. The van der Waals surface area contributed by atoms with Crippen molar-refractivity contribution in [1.29, 1.82) is 0 Å². The van der Waals surface area contributed by atoms with Gasteiger partial charge in [-0.2, -0.15) is 0 Å². The van der Waals surface area contributed by atoms with Crippen molar-refractivity contribution in [2.45, 2.75) is 6.92 Å². The summed E-state index contributed by atoms with van der Waals surface area (Å²) in [6.45, 7) is 2.54. The first-order chi connectivity index (χ1) is 3.72. The molecule has 0 bridgehead atoms. The van der Waals surface area contributed by atoms with Crippen LogP contribution < -0.4 is 5.73 Å². The number of primary amides is 1. The van der Waals surface area contributed by atoms with Crippen LogP contribution in [0.15, 0.2) is 0 Å². The van der Waals surface area contributed by atoms with Crippen molar-refractivity contribution in [3.63, 3.8) is 0 Å². The third-order valence-electron chi connectivity index (χ3n) is 0.753. The minimum absolute atomic E-state index is 0.375. The second-order valence-electron chi connectivity index (χ2n) is 1.22. The molecule has 0 aromatic heterocycles. The zero-order valence-corrected chi connectivity index (χ0v) is 5.86. The maximum atomic E-state index is 10.3. The molecule has 0 rings (SSSR count). The molecule has 0 aliphatic heterocycles. The van der Waals surface area contributed by atoms with Crippen LogP contribution in [0.1, 0.15) is 6.92 Å². The molecule has 0 aromatic carbocycles. The van der Waals surface area contributed by atoms with E-state index in [9.17, 15) is 4.79 Å². The first kappa shape index (κ1) is 7.62. The number of carbonyl (C=O) groups is 1. The summed E-state index contributed by atoms with van der Waals surface area (Å²) < 4.78 is 1.47. The third kappa shape index (κ3) is 2.07. The second kappa shape index (κ2) is 3.60. The van der Waals surface area contributed by atoms with Gasteiger partial charge in [0.15, 0.2) is 0 Å². The predicted molar refractivity (Wildman–Crippen MR) is 35.5 cm³/mol. The molecule has 0 aliphatic carbocycles. The molecule has 3 nitrogen and oxygen atoms in total. The smallest absolute Gasteiger partial charge is 0.324 e. The van der Waals surface area contributed by atoms with Crippen molar-refractivity contribution >= 4 is 18.0 Å². The van der Waals surface area contributed by atoms with Crippen molar-refractivity contribution in [3.05, 3.63) is 0 Å². The molecule has 0 heterocycles. The highest BCUT2D eigenvalue weighted by molar-refractivity contribution is 7.96. The number of nitrogens with zero attached hydrogens (tertiary/aromatic N) is 1. The summed E-state index contributed by atoms with van der Waals surface area (Å²) in [7, 11) is 0. The number of hydrogen-bond donors (Lipinski definition) is 1. The minimum atomic E-state index is -0.375. The van der Waals surface area contributed by atoms with Gasteiger partial charge < -0.3 is 5.73 Å². The van der Waals surface area contributed by atoms with Gasteiger partial charge >= 0.3 is 6.03 Å². The largest absolute Gasteiger partial charge is 0.351 e. The van der Waals surface area contributed by atoms with Crippen LogP contribution in [0.2, 0.25) is 0 Å². The van der Waals surface area contributed by atoms with Crippen LogP contribution in [0.3, 0.4) is 0 Å². The van der Waals surface area contributed by atoms with E-state index in [2.05, 4.69) is 0 Å². The average molecular weight is 134 g/mol. The van der Waals surface area contributed by atoms with Crippen LogP contribution in [-0.4, -0.2) is 23.1 Å². The minimum Gasteiger partial charge on any atom is -0.351 e. The van der Waals surface area contributed by atoms with Crippen molar-refractivity contribution in [1.82, 2.24) is 4.31 Å². The monoisotopic (exact) mass is 134 g/mol. The van der Waals surface area contributed by atoms with Crippen molar-refractivity contribution in [3.8, 4) is 0 Å². The Balaban J connectivity index is 3.52. The van der Waals surface area contributed by atoms with Gasteiger partial charge in [-0.25, -0.2) is 4.79 Å². The van der Waals surface area contributed by atoms with E-state index in [-0.39, 0.29) is 6.03 Å². The Labute approximate surface area is 53.4 Å². The van der Waals surface area contributed by atoms with Gasteiger partial charge in [0.2, 0.25) is 0 Å². The van der Waals surface area contributed by atoms with Gasteiger partial charge in [0.25, 0.3) is 0 Å². The lowest BCUT2D eigenvalue weighted by Gasteiger charge is -2.12. The Morgan fingerprint density at radius 1 is 1.88 bits per heavy atom. The van der Waals surface area contributed by atoms with Crippen LogP contribution in [0.4, 0.5) is 4.79 Å². The van der Waals surface area contributed by atoms with Gasteiger partial charge in [0, 0.05) is 12.8 Å². The summed E-state index contributed by atoms with van der Waals surface area (Å²) >= 11 is 1.34. The lowest BCUT2D eigenvalue weighted by Crippen LogP contribution is -2.29. The molecule has 0 aromatic rings. The molecule has 0 spiro atoms. The summed E-state index contributed by atoms with van der Waals surface area (Å²) in [5, 5.41) is 0. The standard InChI is InChI=1S/C4H10N2OS/c1-3-6(8-2)4(5)7/h3H2,1-2H3,(H2,5,7). The summed E-state index contributed by atoms with van der Waals surface area (Å²) in [6, 6.07) is -0.375. The Hall–Kier alpha value is -0.380. The number of carbonyl (C=O) groups excluding carboxylic acids is 1. The summed E-state index contributed by atoms with van der Waals surface area (Å²) in [5.74, 6) is 0. The molecular formula is C4H10N2OS. The van der Waals surface area contributed by atoms with Crippen LogP contribution in [0, 0.1) is 0 Å². The van der Waals surface area contributed by atoms with Crippen LogP contribution in [-0.2, 0) is 0 Å². The first-order valence-corrected chi connectivity index (χ1v) is 3.51. The number of nitrogens with two attached hydrogens (primary N) is 1. The molecule has 0 aliphatic rings. The van der Waals surface area contributed by atoms with E-state index in [1.807, 2.05) is 13.2 Å². The lowest BCUT2D eigenvalue weighted by atomic mass is 10.7. The van der Waals surface area contributed by atoms with E-state index >= 15 is 0 Å². The molecule has 48 valence electrons. The topological polar surface area (TPSA) is 46.3 Å².